The summed E-state index contributed by atoms with van der Waals surface area (Å²) in [5, 5.41) is 16.1. The third kappa shape index (κ3) is 6.67. The highest BCUT2D eigenvalue weighted by atomic mass is 79.9. The number of phenolic OH excluding ortho intramolecular Hbond substituents is 1. The minimum absolute atomic E-state index is 0.00163. The molecular formula is C17H15Br2N3O3. The van der Waals surface area contributed by atoms with E-state index in [2.05, 4.69) is 47.7 Å². The maximum Gasteiger partial charge on any atom is 0.240 e. The maximum absolute atomic E-state index is 11.8. The molecule has 8 heteroatoms. The molecule has 130 valence electrons. The summed E-state index contributed by atoms with van der Waals surface area (Å²) in [6.07, 6.45) is 1.37. The highest BCUT2D eigenvalue weighted by molar-refractivity contribution is 9.10. The molecular weight excluding hydrogens is 454 g/mol. The Morgan fingerprint density at radius 3 is 2.52 bits per heavy atom. The van der Waals surface area contributed by atoms with Crippen LogP contribution in [0.4, 0.5) is 5.69 Å². The van der Waals surface area contributed by atoms with Gasteiger partial charge in [-0.1, -0.05) is 37.9 Å². The largest absolute Gasteiger partial charge is 0.507 e. The molecule has 0 unspecified atom stereocenters. The molecule has 3 N–H and O–H groups in total. The van der Waals surface area contributed by atoms with Gasteiger partial charge in [0.05, 0.1) is 6.21 Å². The van der Waals surface area contributed by atoms with Crippen LogP contribution in [0.15, 0.2) is 56.5 Å². The van der Waals surface area contributed by atoms with Gasteiger partial charge in [0, 0.05) is 33.0 Å². The van der Waals surface area contributed by atoms with Crippen LogP contribution in [0.5, 0.6) is 5.75 Å². The summed E-state index contributed by atoms with van der Waals surface area (Å²) in [6.45, 7) is 0. The number of hydrogen-bond donors (Lipinski definition) is 3. The Balaban J connectivity index is 1.77. The fourth-order valence-electron chi connectivity index (χ4n) is 1.88. The smallest absolute Gasteiger partial charge is 0.240 e. The first-order chi connectivity index (χ1) is 11.9. The number of amides is 2. The van der Waals surface area contributed by atoms with Gasteiger partial charge >= 0.3 is 0 Å². The van der Waals surface area contributed by atoms with Crippen molar-refractivity contribution in [2.75, 3.05) is 5.32 Å². The Labute approximate surface area is 161 Å². The van der Waals surface area contributed by atoms with Crippen LogP contribution >= 0.6 is 31.9 Å². The first-order valence-corrected chi connectivity index (χ1v) is 8.88. The zero-order valence-electron chi connectivity index (χ0n) is 13.0. The quantitative estimate of drug-likeness (QED) is 0.445. The number of anilines is 1. The monoisotopic (exact) mass is 467 g/mol. The van der Waals surface area contributed by atoms with Gasteiger partial charge < -0.3 is 10.4 Å². The molecule has 0 radical (unpaired) electrons. The fourth-order valence-corrected chi connectivity index (χ4v) is 2.65. The van der Waals surface area contributed by atoms with Gasteiger partial charge in [-0.25, -0.2) is 5.43 Å². The number of carbonyl (C=O) groups is 2. The Kier molecular flexibility index (Phi) is 7.15. The van der Waals surface area contributed by atoms with Crippen LogP contribution in [0, 0.1) is 0 Å². The molecule has 0 heterocycles. The SMILES string of the molecule is O=C(CCC(=O)Nc1cccc(Br)c1)N/N=C/c1cc(Br)ccc1O. The van der Waals surface area contributed by atoms with Gasteiger partial charge in [0.25, 0.3) is 0 Å². The van der Waals surface area contributed by atoms with E-state index in [0.717, 1.165) is 8.95 Å². The second kappa shape index (κ2) is 9.33. The standard InChI is InChI=1S/C17H15Br2N3O3/c18-12-2-1-3-14(9-12)21-16(24)6-7-17(25)22-20-10-11-8-13(19)4-5-15(11)23/h1-5,8-10,23H,6-7H2,(H,21,24)(H,22,25)/b20-10+. The first kappa shape index (κ1) is 19.1. The van der Waals surface area contributed by atoms with Crippen molar-refractivity contribution < 1.29 is 14.7 Å². The summed E-state index contributed by atoms with van der Waals surface area (Å²) in [4.78, 5) is 23.5. The highest BCUT2D eigenvalue weighted by Crippen LogP contribution is 2.20. The average Bonchev–Trinajstić information content (AvgIpc) is 2.56. The average molecular weight is 469 g/mol. The zero-order chi connectivity index (χ0) is 18.2. The van der Waals surface area contributed by atoms with E-state index < -0.39 is 5.91 Å². The number of nitrogens with zero attached hydrogens (tertiary/aromatic N) is 1. The van der Waals surface area contributed by atoms with Gasteiger partial charge in [-0.05, 0) is 36.4 Å². The number of hydrazone groups is 1. The summed E-state index contributed by atoms with van der Waals surface area (Å²) in [7, 11) is 0. The van der Waals surface area contributed by atoms with Gasteiger partial charge in [0.2, 0.25) is 11.8 Å². The molecule has 6 nitrogen and oxygen atoms in total. The Morgan fingerprint density at radius 2 is 1.76 bits per heavy atom. The third-order valence-electron chi connectivity index (χ3n) is 3.07. The minimum Gasteiger partial charge on any atom is -0.507 e. The van der Waals surface area contributed by atoms with Crippen molar-refractivity contribution in [2.24, 2.45) is 5.10 Å². The number of benzene rings is 2. The summed E-state index contributed by atoms with van der Waals surface area (Å²) in [5.74, 6) is -0.605. The lowest BCUT2D eigenvalue weighted by Crippen LogP contribution is -2.20. The van der Waals surface area contributed by atoms with E-state index in [9.17, 15) is 14.7 Å². The van der Waals surface area contributed by atoms with Gasteiger partial charge in [-0.2, -0.15) is 5.10 Å². The molecule has 0 saturated carbocycles. The van der Waals surface area contributed by atoms with E-state index in [1.54, 1.807) is 30.3 Å². The molecule has 0 aliphatic rings. The van der Waals surface area contributed by atoms with Gasteiger partial charge in [0.15, 0.2) is 0 Å². The van der Waals surface area contributed by atoms with Crippen LogP contribution in [0.1, 0.15) is 18.4 Å². The summed E-state index contributed by atoms with van der Waals surface area (Å²) in [6, 6.07) is 12.1. The zero-order valence-corrected chi connectivity index (χ0v) is 16.2. The van der Waals surface area contributed by atoms with Crippen LogP contribution in [-0.4, -0.2) is 23.1 Å². The number of halogens is 2. The molecule has 0 fully saturated rings. The highest BCUT2D eigenvalue weighted by Gasteiger charge is 2.07. The molecule has 0 aliphatic carbocycles. The van der Waals surface area contributed by atoms with Gasteiger partial charge in [0.1, 0.15) is 5.75 Å². The van der Waals surface area contributed by atoms with Crippen LogP contribution < -0.4 is 10.7 Å². The van der Waals surface area contributed by atoms with Gasteiger partial charge in [-0.3, -0.25) is 9.59 Å². The lowest BCUT2D eigenvalue weighted by atomic mass is 10.2. The number of nitrogens with one attached hydrogen (secondary N) is 2. The van der Waals surface area contributed by atoms with Crippen molar-refractivity contribution in [1.29, 1.82) is 0 Å². The van der Waals surface area contributed by atoms with Crippen molar-refractivity contribution in [3.05, 3.63) is 57.0 Å². The second-order valence-electron chi connectivity index (χ2n) is 5.05. The maximum atomic E-state index is 11.8. The molecule has 0 bridgehead atoms. The molecule has 2 aromatic carbocycles. The lowest BCUT2D eigenvalue weighted by molar-refractivity contribution is -0.124. The van der Waals surface area contributed by atoms with Gasteiger partial charge in [-0.15, -0.1) is 0 Å². The third-order valence-corrected chi connectivity index (χ3v) is 4.06. The predicted molar refractivity (Wildman–Crippen MR) is 104 cm³/mol. The Bertz CT molecular complexity index is 809. The van der Waals surface area contributed by atoms with Crippen molar-refractivity contribution in [3.8, 4) is 5.75 Å². The Morgan fingerprint density at radius 1 is 1.04 bits per heavy atom. The number of hydrogen-bond acceptors (Lipinski definition) is 4. The van der Waals surface area contributed by atoms with E-state index in [1.807, 2.05) is 6.07 Å². The fraction of sp³-hybridized carbons (Fsp3) is 0.118. The molecule has 2 aromatic rings. The minimum atomic E-state index is -0.393. The van der Waals surface area contributed by atoms with E-state index >= 15 is 0 Å². The van der Waals surface area contributed by atoms with Crippen molar-refractivity contribution in [2.45, 2.75) is 12.8 Å². The molecule has 2 rings (SSSR count). The number of carbonyl (C=O) groups excluding carboxylic acids is 2. The Hall–Kier alpha value is -2.19. The molecule has 0 aromatic heterocycles. The van der Waals surface area contributed by atoms with Crippen LogP contribution in [0.3, 0.4) is 0 Å². The van der Waals surface area contributed by atoms with Crippen LogP contribution in [-0.2, 0) is 9.59 Å². The second-order valence-corrected chi connectivity index (χ2v) is 6.89. The van der Waals surface area contributed by atoms with E-state index in [0.29, 0.717) is 11.3 Å². The van der Waals surface area contributed by atoms with Crippen molar-refractivity contribution in [3.63, 3.8) is 0 Å². The number of rotatable bonds is 6. The predicted octanol–water partition coefficient (Wildman–Crippen LogP) is 3.79. The normalized spacial score (nSPS) is 10.6. The topological polar surface area (TPSA) is 90.8 Å². The number of aromatic hydroxyl groups is 1. The molecule has 0 saturated heterocycles. The van der Waals surface area contributed by atoms with Crippen molar-refractivity contribution >= 4 is 55.6 Å². The van der Waals surface area contributed by atoms with E-state index in [1.165, 1.54) is 12.3 Å². The molecule has 2 amide bonds. The summed E-state index contributed by atoms with van der Waals surface area (Å²) < 4.78 is 1.63. The van der Waals surface area contributed by atoms with Crippen molar-refractivity contribution in [1.82, 2.24) is 5.43 Å². The summed E-state index contributed by atoms with van der Waals surface area (Å²) >= 11 is 6.60. The molecule has 0 aliphatic heterocycles. The van der Waals surface area contributed by atoms with E-state index in [-0.39, 0.29) is 24.5 Å². The molecule has 0 atom stereocenters. The van der Waals surface area contributed by atoms with Crippen LogP contribution in [0.25, 0.3) is 0 Å². The molecule has 25 heavy (non-hydrogen) atoms. The molecule has 0 spiro atoms. The van der Waals surface area contributed by atoms with E-state index in [4.69, 9.17) is 0 Å². The summed E-state index contributed by atoms with van der Waals surface area (Å²) in [5.41, 5.74) is 3.44. The van der Waals surface area contributed by atoms with Crippen LogP contribution in [0.2, 0.25) is 0 Å². The first-order valence-electron chi connectivity index (χ1n) is 7.30. The number of phenols is 1. The lowest BCUT2D eigenvalue weighted by Gasteiger charge is -2.05.